The summed E-state index contributed by atoms with van der Waals surface area (Å²) in [6, 6.07) is 0. The van der Waals surface area contributed by atoms with Crippen LogP contribution in [0.25, 0.3) is 0 Å². The molecule has 0 N–H and O–H groups in total. The molecule has 0 radical (unpaired) electrons. The van der Waals surface area contributed by atoms with Crippen LogP contribution < -0.4 is 0 Å². The zero-order chi connectivity index (χ0) is 13.0. The van der Waals surface area contributed by atoms with Crippen molar-refractivity contribution in [1.82, 2.24) is 0 Å². The summed E-state index contributed by atoms with van der Waals surface area (Å²) in [5.74, 6) is -1.36. The first-order valence-corrected chi connectivity index (χ1v) is 8.23. The summed E-state index contributed by atoms with van der Waals surface area (Å²) in [6.45, 7) is 2.64. The Kier molecular flexibility index (Phi) is 5.14. The molecule has 1 unspecified atom stereocenters. The second-order valence-corrected chi connectivity index (χ2v) is 7.89. The molecule has 0 aromatic heterocycles. The maximum atomic E-state index is 11.2. The highest BCUT2D eigenvalue weighted by molar-refractivity contribution is 7.94. The van der Waals surface area contributed by atoms with E-state index < -0.39 is 43.3 Å². The Hall–Kier alpha value is -0.890. The third-order valence-electron chi connectivity index (χ3n) is 1.67. The summed E-state index contributed by atoms with van der Waals surface area (Å²) in [5.41, 5.74) is 0. The zero-order valence-corrected chi connectivity index (χ0v) is 10.7. The third kappa shape index (κ3) is 6.57. The van der Waals surface area contributed by atoms with E-state index in [2.05, 4.69) is 11.3 Å². The number of esters is 1. The van der Waals surface area contributed by atoms with Crippen molar-refractivity contribution in [3.8, 4) is 0 Å². The Morgan fingerprint density at radius 1 is 1.31 bits per heavy atom. The molecule has 0 aromatic carbocycles. The molecule has 0 heterocycles. The number of carbonyl (C=O) groups excluding carboxylic acids is 1. The van der Waals surface area contributed by atoms with Gasteiger partial charge in [-0.15, -0.1) is 0 Å². The first-order chi connectivity index (χ1) is 7.06. The SMILES string of the molecule is C=CC(=O)OCC(CS(C)(=O)=O)S(C)(=O)=O. The molecule has 0 spiro atoms. The van der Waals surface area contributed by atoms with Gasteiger partial charge in [-0.2, -0.15) is 0 Å². The van der Waals surface area contributed by atoms with Gasteiger partial charge in [-0.3, -0.25) is 0 Å². The van der Waals surface area contributed by atoms with E-state index in [1.165, 1.54) is 0 Å². The van der Waals surface area contributed by atoms with Crippen LogP contribution in [0.4, 0.5) is 0 Å². The van der Waals surface area contributed by atoms with Gasteiger partial charge in [0.25, 0.3) is 0 Å². The Labute approximate surface area is 95.1 Å². The number of rotatable bonds is 6. The predicted octanol–water partition coefficient (Wildman–Crippen LogP) is -0.827. The van der Waals surface area contributed by atoms with Crippen molar-refractivity contribution in [3.63, 3.8) is 0 Å². The van der Waals surface area contributed by atoms with E-state index in [0.717, 1.165) is 18.6 Å². The molecule has 0 fully saturated rings. The van der Waals surface area contributed by atoms with Crippen LogP contribution in [0.2, 0.25) is 0 Å². The number of hydrogen-bond acceptors (Lipinski definition) is 6. The molecule has 16 heavy (non-hydrogen) atoms. The van der Waals surface area contributed by atoms with E-state index in [1.54, 1.807) is 0 Å². The molecule has 0 aliphatic rings. The Balaban J connectivity index is 4.72. The molecular weight excluding hydrogens is 256 g/mol. The molecule has 0 aliphatic heterocycles. The maximum Gasteiger partial charge on any atom is 0.330 e. The molecular formula is C8H14O6S2. The van der Waals surface area contributed by atoms with E-state index in [-0.39, 0.29) is 0 Å². The average Bonchev–Trinajstić information content (AvgIpc) is 2.08. The van der Waals surface area contributed by atoms with Crippen molar-refractivity contribution < 1.29 is 26.4 Å². The van der Waals surface area contributed by atoms with Crippen molar-refractivity contribution >= 4 is 25.6 Å². The lowest BCUT2D eigenvalue weighted by Crippen LogP contribution is -2.33. The van der Waals surface area contributed by atoms with Gasteiger partial charge in [-0.25, -0.2) is 21.6 Å². The Morgan fingerprint density at radius 3 is 2.12 bits per heavy atom. The second-order valence-electron chi connectivity index (χ2n) is 3.38. The minimum Gasteiger partial charge on any atom is -0.461 e. The quantitative estimate of drug-likeness (QED) is 0.462. The normalized spacial score (nSPS) is 14.1. The van der Waals surface area contributed by atoms with Crippen LogP contribution >= 0.6 is 0 Å². The standard InChI is InChI=1S/C8H14O6S2/c1-4-8(9)14-5-7(16(3,12)13)6-15(2,10)11/h4,7H,1,5-6H2,2-3H3. The fourth-order valence-corrected chi connectivity index (χ4v) is 3.68. The van der Waals surface area contributed by atoms with Crippen LogP contribution in [0.15, 0.2) is 12.7 Å². The summed E-state index contributed by atoms with van der Waals surface area (Å²) in [5, 5.41) is -1.24. The van der Waals surface area contributed by atoms with Crippen LogP contribution in [0.1, 0.15) is 0 Å². The molecule has 0 aromatic rings. The van der Waals surface area contributed by atoms with E-state index in [4.69, 9.17) is 0 Å². The van der Waals surface area contributed by atoms with Crippen molar-refractivity contribution in [1.29, 1.82) is 0 Å². The van der Waals surface area contributed by atoms with Crippen LogP contribution in [-0.4, -0.2) is 52.9 Å². The van der Waals surface area contributed by atoms with Gasteiger partial charge in [-0.05, 0) is 0 Å². The highest BCUT2D eigenvalue weighted by Crippen LogP contribution is 2.04. The minimum absolute atomic E-state index is 0.489. The Bertz CT molecular complexity index is 459. The van der Waals surface area contributed by atoms with Gasteiger partial charge >= 0.3 is 5.97 Å². The van der Waals surface area contributed by atoms with Gasteiger partial charge in [0.15, 0.2) is 9.84 Å². The van der Waals surface area contributed by atoms with Gasteiger partial charge in [-0.1, -0.05) is 6.58 Å². The third-order valence-corrected chi connectivity index (χ3v) is 4.40. The molecule has 0 amide bonds. The van der Waals surface area contributed by atoms with Gasteiger partial charge in [0.2, 0.25) is 0 Å². The minimum atomic E-state index is -3.59. The topological polar surface area (TPSA) is 94.6 Å². The fourth-order valence-electron chi connectivity index (χ4n) is 0.867. The largest absolute Gasteiger partial charge is 0.461 e. The molecule has 0 saturated carbocycles. The van der Waals surface area contributed by atoms with Gasteiger partial charge < -0.3 is 4.74 Å². The molecule has 8 heteroatoms. The van der Waals surface area contributed by atoms with Crippen LogP contribution in [0, 0.1) is 0 Å². The summed E-state index contributed by atoms with van der Waals surface area (Å²) >= 11 is 0. The lowest BCUT2D eigenvalue weighted by Gasteiger charge is -2.13. The zero-order valence-electron chi connectivity index (χ0n) is 9.04. The van der Waals surface area contributed by atoms with Crippen LogP contribution in [0.3, 0.4) is 0 Å². The summed E-state index contributed by atoms with van der Waals surface area (Å²) in [6.07, 6.45) is 2.69. The molecule has 0 rings (SSSR count). The summed E-state index contributed by atoms with van der Waals surface area (Å²) in [7, 11) is -7.05. The first kappa shape index (κ1) is 15.1. The number of hydrogen-bond donors (Lipinski definition) is 0. The van der Waals surface area contributed by atoms with E-state index >= 15 is 0 Å². The lowest BCUT2D eigenvalue weighted by atomic mass is 10.5. The Morgan fingerprint density at radius 2 is 1.81 bits per heavy atom. The van der Waals surface area contributed by atoms with Crippen molar-refractivity contribution in [2.75, 3.05) is 24.9 Å². The highest BCUT2D eigenvalue weighted by Gasteiger charge is 2.26. The predicted molar refractivity (Wildman–Crippen MR) is 59.5 cm³/mol. The van der Waals surface area contributed by atoms with Crippen molar-refractivity contribution in [3.05, 3.63) is 12.7 Å². The summed E-state index contributed by atoms with van der Waals surface area (Å²) < 4.78 is 48.9. The molecule has 0 saturated heterocycles. The van der Waals surface area contributed by atoms with Gasteiger partial charge in [0.05, 0.1) is 5.75 Å². The van der Waals surface area contributed by atoms with E-state index in [0.29, 0.717) is 0 Å². The highest BCUT2D eigenvalue weighted by atomic mass is 32.2. The van der Waals surface area contributed by atoms with E-state index in [9.17, 15) is 21.6 Å². The molecule has 0 aliphatic carbocycles. The van der Waals surface area contributed by atoms with Crippen LogP contribution in [0.5, 0.6) is 0 Å². The maximum absolute atomic E-state index is 11.2. The summed E-state index contributed by atoms with van der Waals surface area (Å²) in [4.78, 5) is 10.7. The van der Waals surface area contributed by atoms with Gasteiger partial charge in [0.1, 0.15) is 21.7 Å². The fraction of sp³-hybridized carbons (Fsp3) is 0.625. The number of ether oxygens (including phenoxy) is 1. The molecule has 6 nitrogen and oxygen atoms in total. The molecule has 1 atom stereocenters. The van der Waals surface area contributed by atoms with Crippen molar-refractivity contribution in [2.24, 2.45) is 0 Å². The monoisotopic (exact) mass is 270 g/mol. The number of carbonyl (C=O) groups is 1. The second kappa shape index (κ2) is 5.44. The average molecular weight is 270 g/mol. The number of sulfone groups is 2. The molecule has 94 valence electrons. The first-order valence-electron chi connectivity index (χ1n) is 4.22. The lowest BCUT2D eigenvalue weighted by molar-refractivity contribution is -0.137. The van der Waals surface area contributed by atoms with E-state index in [1.807, 2.05) is 0 Å². The van der Waals surface area contributed by atoms with Crippen molar-refractivity contribution in [2.45, 2.75) is 5.25 Å². The van der Waals surface area contributed by atoms with Crippen LogP contribution in [-0.2, 0) is 29.2 Å². The molecule has 0 bridgehead atoms. The van der Waals surface area contributed by atoms with Gasteiger partial charge in [0, 0.05) is 18.6 Å². The smallest absolute Gasteiger partial charge is 0.330 e.